The van der Waals surface area contributed by atoms with Crippen molar-refractivity contribution in [3.05, 3.63) is 166 Å². The second kappa shape index (κ2) is 25.5. The van der Waals surface area contributed by atoms with E-state index >= 15 is 0 Å². The smallest absolute Gasteiger partial charge is 0.300 e. The van der Waals surface area contributed by atoms with Crippen LogP contribution in [0.15, 0.2) is 121 Å². The van der Waals surface area contributed by atoms with Gasteiger partial charge in [-0.05, 0) is 147 Å². The zero-order valence-corrected chi connectivity index (χ0v) is 57.0. The summed E-state index contributed by atoms with van der Waals surface area (Å²) in [5.74, 6) is -1.67. The molecule has 0 spiro atoms. The molecule has 430 valence electrons. The molecule has 0 radical (unpaired) electrons. The van der Waals surface area contributed by atoms with Crippen LogP contribution in [0, 0.1) is 0 Å². The molecule has 0 unspecified atom stereocenters. The Balaban J connectivity index is 0.00000170. The predicted octanol–water partition coefficient (Wildman–Crippen LogP) is 17.4. The molecule has 7 heteroatoms. The summed E-state index contributed by atoms with van der Waals surface area (Å²) in [5.41, 5.74) is 13.6. The van der Waals surface area contributed by atoms with Crippen LogP contribution in [0.3, 0.4) is 0 Å². The largest absolute Gasteiger partial charge is 0.481 e. The van der Waals surface area contributed by atoms with Crippen LogP contribution in [-0.2, 0) is 72.4 Å². The van der Waals surface area contributed by atoms with Crippen LogP contribution in [0.25, 0.3) is 11.1 Å². The Morgan fingerprint density at radius 3 is 0.570 bits per heavy atom. The van der Waals surface area contributed by atoms with Gasteiger partial charge in [0.2, 0.25) is 0 Å². The number of rotatable bonds is 7. The van der Waals surface area contributed by atoms with Crippen molar-refractivity contribution in [3.63, 3.8) is 0 Å². The molecule has 0 heterocycles. The SMILES string of the molecule is CC(=O)O.CC(=O)O.CC(C)(C)c1cc(P(c2cc(C(C)(C)C)cc(C(C)(C)C)c2)c2ccccc2-c2ccccc2P(c2cc(C(C)(C)C)cc(C(C)(C)C)c2)c2cc(C(C)(C)C)cc(C(C)(C)C)c2)cc(C(C)(C)C)c1.[Ru]. The summed E-state index contributed by atoms with van der Waals surface area (Å²) in [7, 11) is -2.12. The van der Waals surface area contributed by atoms with Gasteiger partial charge in [-0.3, -0.25) is 9.59 Å². The van der Waals surface area contributed by atoms with Crippen molar-refractivity contribution in [3.8, 4) is 11.1 Å². The molecular formula is C72H100O4P2Ru. The zero-order chi connectivity index (χ0) is 59.7. The molecular weight excluding hydrogens is 1090 g/mol. The third kappa shape index (κ3) is 18.9. The Labute approximate surface area is 496 Å². The standard InChI is InChI=1S/C68H92P2.2C2H4O2.Ru/c1-61(2,3)45-33-46(62(4,5)6)38-53(37-45)69(54-39-47(63(7,8)9)34-48(40-54)64(10,11)12)59-31-27-25-29-57(59)58-30-26-28-32-60(58)70(55-41-49(65(13,14)15)35-50(42-55)66(16,17)18)56-43-51(67(19,20)21)36-52(44-56)68(22,23)24;2*1-2(3)4;/h25-44H,1-24H3;2*1H3,(H,3,4);. The molecule has 6 aromatic carbocycles. The first kappa shape index (κ1) is 69.0. The normalized spacial score (nSPS) is 12.8. The van der Waals surface area contributed by atoms with E-state index in [1.807, 2.05) is 0 Å². The molecule has 0 saturated carbocycles. The van der Waals surface area contributed by atoms with Crippen LogP contribution >= 0.6 is 15.8 Å². The van der Waals surface area contributed by atoms with Crippen LogP contribution in [0.1, 0.15) is 225 Å². The number of hydrogen-bond acceptors (Lipinski definition) is 2. The monoisotopic (exact) mass is 1190 g/mol. The average molecular weight is 1190 g/mol. The zero-order valence-electron chi connectivity index (χ0n) is 53.5. The quantitative estimate of drug-likeness (QED) is 0.123. The topological polar surface area (TPSA) is 74.6 Å². The summed E-state index contributed by atoms with van der Waals surface area (Å²) in [6, 6.07) is 49.7. The number of hydrogen-bond donors (Lipinski definition) is 2. The van der Waals surface area contributed by atoms with E-state index in [2.05, 4.69) is 287 Å². The van der Waals surface area contributed by atoms with E-state index < -0.39 is 27.8 Å². The first-order chi connectivity index (χ1) is 35.2. The van der Waals surface area contributed by atoms with Crippen LogP contribution in [-0.4, -0.2) is 22.2 Å². The fourth-order valence-electron chi connectivity index (χ4n) is 9.07. The molecule has 0 amide bonds. The predicted molar refractivity (Wildman–Crippen MR) is 346 cm³/mol. The summed E-state index contributed by atoms with van der Waals surface area (Å²) in [6.45, 7) is 59.3. The number of carboxylic acids is 2. The van der Waals surface area contributed by atoms with E-state index in [4.69, 9.17) is 19.8 Å². The van der Waals surface area contributed by atoms with Crippen molar-refractivity contribution < 1.29 is 39.3 Å². The van der Waals surface area contributed by atoms with Gasteiger partial charge in [-0.15, -0.1) is 0 Å². The molecule has 2 N–H and O–H groups in total. The van der Waals surface area contributed by atoms with Gasteiger partial charge in [0, 0.05) is 33.3 Å². The Hall–Kier alpha value is -4.26. The fraction of sp³-hybridized carbons (Fsp3) is 0.472. The summed E-state index contributed by atoms with van der Waals surface area (Å²) >= 11 is 0. The third-order valence-corrected chi connectivity index (χ3v) is 19.1. The Morgan fingerprint density at radius 2 is 0.430 bits per heavy atom. The first-order valence-corrected chi connectivity index (χ1v) is 30.7. The number of benzene rings is 6. The molecule has 4 nitrogen and oxygen atoms in total. The van der Waals surface area contributed by atoms with Gasteiger partial charge in [0.25, 0.3) is 11.9 Å². The third-order valence-electron chi connectivity index (χ3n) is 14.2. The van der Waals surface area contributed by atoms with E-state index in [9.17, 15) is 0 Å². The van der Waals surface area contributed by atoms with Gasteiger partial charge in [-0.1, -0.05) is 287 Å². The van der Waals surface area contributed by atoms with Crippen LogP contribution in [0.2, 0.25) is 0 Å². The summed E-state index contributed by atoms with van der Waals surface area (Å²) < 4.78 is 0. The molecule has 0 aliphatic heterocycles. The summed E-state index contributed by atoms with van der Waals surface area (Å²) in [5, 5.41) is 23.3. The van der Waals surface area contributed by atoms with E-state index in [0.717, 1.165) is 13.8 Å². The Kier molecular flexibility index (Phi) is 22.3. The number of aliphatic carboxylic acids is 2. The minimum atomic E-state index is -1.06. The molecule has 6 aromatic rings. The Bertz CT molecular complexity index is 2570. The van der Waals surface area contributed by atoms with Crippen LogP contribution < -0.4 is 31.8 Å². The molecule has 0 saturated heterocycles. The van der Waals surface area contributed by atoms with Gasteiger partial charge < -0.3 is 10.2 Å². The summed E-state index contributed by atoms with van der Waals surface area (Å²) in [4.78, 5) is 18.0. The fourth-order valence-corrected chi connectivity index (χ4v) is 14.3. The van der Waals surface area contributed by atoms with E-state index in [0.29, 0.717) is 0 Å². The maximum Gasteiger partial charge on any atom is 0.300 e. The van der Waals surface area contributed by atoms with Gasteiger partial charge in [0.05, 0.1) is 0 Å². The second-order valence-corrected chi connectivity index (χ2v) is 34.2. The van der Waals surface area contributed by atoms with Gasteiger partial charge >= 0.3 is 0 Å². The molecule has 79 heavy (non-hydrogen) atoms. The van der Waals surface area contributed by atoms with E-state index in [-0.39, 0.29) is 62.8 Å². The number of carboxylic acid groups (broad SMARTS) is 2. The van der Waals surface area contributed by atoms with Crippen molar-refractivity contribution in [1.82, 2.24) is 0 Å². The molecule has 0 fully saturated rings. The molecule has 0 bridgehead atoms. The molecule has 0 aromatic heterocycles. The molecule has 0 atom stereocenters. The van der Waals surface area contributed by atoms with E-state index in [1.165, 1.54) is 87.5 Å². The Morgan fingerprint density at radius 1 is 0.291 bits per heavy atom. The van der Waals surface area contributed by atoms with Crippen molar-refractivity contribution >= 4 is 59.6 Å². The summed E-state index contributed by atoms with van der Waals surface area (Å²) in [6.07, 6.45) is 0. The molecule has 6 rings (SSSR count). The maximum atomic E-state index is 9.00. The van der Waals surface area contributed by atoms with Gasteiger partial charge in [-0.2, -0.15) is 0 Å². The second-order valence-electron chi connectivity index (χ2n) is 29.8. The van der Waals surface area contributed by atoms with Gasteiger partial charge in [0.1, 0.15) is 0 Å². The van der Waals surface area contributed by atoms with Crippen molar-refractivity contribution in [1.29, 1.82) is 0 Å². The molecule has 0 aliphatic rings. The minimum absolute atomic E-state index is 0. The van der Waals surface area contributed by atoms with Crippen molar-refractivity contribution in [2.45, 2.75) is 223 Å². The van der Waals surface area contributed by atoms with Crippen molar-refractivity contribution in [2.75, 3.05) is 0 Å². The minimum Gasteiger partial charge on any atom is -0.481 e. The maximum absolute atomic E-state index is 9.00. The van der Waals surface area contributed by atoms with E-state index in [1.54, 1.807) is 0 Å². The molecule has 0 aliphatic carbocycles. The average Bonchev–Trinajstić information content (AvgIpc) is 3.26. The van der Waals surface area contributed by atoms with Gasteiger partial charge in [0.15, 0.2) is 0 Å². The first-order valence-electron chi connectivity index (χ1n) is 28.0. The van der Waals surface area contributed by atoms with Crippen LogP contribution in [0.4, 0.5) is 0 Å². The van der Waals surface area contributed by atoms with Crippen LogP contribution in [0.5, 0.6) is 0 Å². The van der Waals surface area contributed by atoms with Gasteiger partial charge in [-0.25, -0.2) is 0 Å². The van der Waals surface area contributed by atoms with Crippen molar-refractivity contribution in [2.24, 2.45) is 0 Å². The number of carbonyl (C=O) groups is 2.